The molecule has 3 nitrogen and oxygen atoms in total. The number of amides is 1. The van der Waals surface area contributed by atoms with Gasteiger partial charge in [0.2, 0.25) is 5.91 Å². The van der Waals surface area contributed by atoms with Crippen LogP contribution in [0, 0.1) is 0 Å². The van der Waals surface area contributed by atoms with Crippen molar-refractivity contribution in [3.8, 4) is 0 Å². The van der Waals surface area contributed by atoms with E-state index in [1.165, 1.54) is 0 Å². The molecular formula is C21H19BrN2O. The Morgan fingerprint density at radius 1 is 0.920 bits per heavy atom. The maximum absolute atomic E-state index is 13.6. The molecule has 0 aliphatic rings. The maximum atomic E-state index is 13.6. The number of hydrogen-bond donors (Lipinski definition) is 0. The number of anilines is 1. The molecule has 4 heteroatoms. The zero-order chi connectivity index (χ0) is 17.9. The fourth-order valence-electron chi connectivity index (χ4n) is 3.03. The second kappa shape index (κ2) is 7.19. The molecular weight excluding hydrogens is 376 g/mol. The van der Waals surface area contributed by atoms with Crippen LogP contribution in [-0.2, 0) is 10.2 Å². The average molecular weight is 395 g/mol. The van der Waals surface area contributed by atoms with E-state index >= 15 is 0 Å². The topological polar surface area (TPSA) is 33.2 Å². The van der Waals surface area contributed by atoms with Gasteiger partial charge in [-0.15, -0.1) is 0 Å². The van der Waals surface area contributed by atoms with Crippen molar-refractivity contribution in [1.29, 1.82) is 0 Å². The van der Waals surface area contributed by atoms with Gasteiger partial charge >= 0.3 is 0 Å². The van der Waals surface area contributed by atoms with E-state index in [2.05, 4.69) is 20.9 Å². The number of likely N-dealkylation sites (N-methyl/N-ethyl adjacent to an activating group) is 1. The lowest BCUT2D eigenvalue weighted by Crippen LogP contribution is -2.44. The molecule has 0 atom stereocenters. The smallest absolute Gasteiger partial charge is 0.241 e. The summed E-state index contributed by atoms with van der Waals surface area (Å²) in [6.45, 7) is 1.97. The van der Waals surface area contributed by atoms with Crippen molar-refractivity contribution < 1.29 is 4.79 Å². The van der Waals surface area contributed by atoms with Crippen LogP contribution >= 0.6 is 15.9 Å². The number of carbonyl (C=O) groups excluding carboxylic acids is 1. The highest BCUT2D eigenvalue weighted by atomic mass is 79.9. The standard InChI is InChI=1S/C21H19BrN2O/c1-21(16-10-5-3-6-11-16,17-12-7-4-8-13-17)20(25)24(2)18-14-9-15-23-19(18)22/h3-15H,1-2H3. The van der Waals surface area contributed by atoms with Gasteiger partial charge < -0.3 is 4.90 Å². The molecule has 0 radical (unpaired) electrons. The first-order valence-corrected chi connectivity index (χ1v) is 8.84. The summed E-state index contributed by atoms with van der Waals surface area (Å²) in [6, 6.07) is 23.5. The summed E-state index contributed by atoms with van der Waals surface area (Å²) in [5.74, 6) is -0.0152. The van der Waals surface area contributed by atoms with Crippen molar-refractivity contribution in [3.63, 3.8) is 0 Å². The zero-order valence-electron chi connectivity index (χ0n) is 14.2. The fourth-order valence-corrected chi connectivity index (χ4v) is 3.55. The third-order valence-electron chi connectivity index (χ3n) is 4.54. The van der Waals surface area contributed by atoms with Crippen LogP contribution in [0.15, 0.2) is 83.6 Å². The first kappa shape index (κ1) is 17.4. The van der Waals surface area contributed by atoms with Gasteiger partial charge in [0.25, 0.3) is 0 Å². The molecule has 25 heavy (non-hydrogen) atoms. The van der Waals surface area contributed by atoms with E-state index in [9.17, 15) is 4.79 Å². The van der Waals surface area contributed by atoms with Crippen molar-refractivity contribution in [3.05, 3.63) is 94.7 Å². The summed E-state index contributed by atoms with van der Waals surface area (Å²) in [6.07, 6.45) is 1.69. The highest BCUT2D eigenvalue weighted by Gasteiger charge is 2.39. The molecule has 0 fully saturated rings. The highest BCUT2D eigenvalue weighted by molar-refractivity contribution is 9.10. The van der Waals surface area contributed by atoms with E-state index in [-0.39, 0.29) is 5.91 Å². The number of nitrogens with zero attached hydrogens (tertiary/aromatic N) is 2. The second-order valence-corrected chi connectivity index (χ2v) is 6.79. The quantitative estimate of drug-likeness (QED) is 0.594. The van der Waals surface area contributed by atoms with Crippen LogP contribution in [0.1, 0.15) is 18.1 Å². The van der Waals surface area contributed by atoms with Crippen molar-refractivity contribution in [1.82, 2.24) is 4.98 Å². The summed E-state index contributed by atoms with van der Waals surface area (Å²) in [5.41, 5.74) is 1.86. The van der Waals surface area contributed by atoms with Crippen molar-refractivity contribution in [2.75, 3.05) is 11.9 Å². The van der Waals surface area contributed by atoms with Crippen LogP contribution in [0.5, 0.6) is 0 Å². The van der Waals surface area contributed by atoms with Crippen LogP contribution in [0.25, 0.3) is 0 Å². The Kier molecular flexibility index (Phi) is 5.00. The summed E-state index contributed by atoms with van der Waals surface area (Å²) in [4.78, 5) is 19.5. The summed E-state index contributed by atoms with van der Waals surface area (Å²) in [5, 5.41) is 0. The normalized spacial score (nSPS) is 11.2. The Morgan fingerprint density at radius 2 is 1.44 bits per heavy atom. The number of aromatic nitrogens is 1. The Bertz CT molecular complexity index is 826. The number of benzene rings is 2. The van der Waals surface area contributed by atoms with Crippen molar-refractivity contribution >= 4 is 27.5 Å². The lowest BCUT2D eigenvalue weighted by molar-refractivity contribution is -0.122. The van der Waals surface area contributed by atoms with E-state index < -0.39 is 5.41 Å². The van der Waals surface area contributed by atoms with Crippen molar-refractivity contribution in [2.24, 2.45) is 0 Å². The Balaban J connectivity index is 2.12. The van der Waals surface area contributed by atoms with E-state index in [0.29, 0.717) is 4.60 Å². The molecule has 0 aliphatic heterocycles. The lowest BCUT2D eigenvalue weighted by Gasteiger charge is -2.34. The van der Waals surface area contributed by atoms with Crippen LogP contribution in [-0.4, -0.2) is 17.9 Å². The molecule has 1 amide bonds. The SMILES string of the molecule is CN(C(=O)C(C)(c1ccccc1)c1ccccc1)c1cccnc1Br. The molecule has 0 bridgehead atoms. The molecule has 2 aromatic carbocycles. The molecule has 1 heterocycles. The average Bonchev–Trinajstić information content (AvgIpc) is 2.68. The van der Waals surface area contributed by atoms with E-state index in [1.807, 2.05) is 79.7 Å². The summed E-state index contributed by atoms with van der Waals surface area (Å²) in [7, 11) is 1.79. The monoisotopic (exact) mass is 394 g/mol. The maximum Gasteiger partial charge on any atom is 0.241 e. The number of pyridine rings is 1. The van der Waals surface area contributed by atoms with Gasteiger partial charge in [0, 0.05) is 13.2 Å². The Labute approximate surface area is 156 Å². The van der Waals surface area contributed by atoms with Gasteiger partial charge in [0.1, 0.15) is 4.60 Å². The minimum Gasteiger partial charge on any atom is -0.312 e. The number of rotatable bonds is 4. The Morgan fingerprint density at radius 3 is 1.92 bits per heavy atom. The molecule has 0 saturated heterocycles. The molecule has 0 unspecified atom stereocenters. The first-order chi connectivity index (χ1) is 12.0. The highest BCUT2D eigenvalue weighted by Crippen LogP contribution is 2.36. The molecule has 0 aliphatic carbocycles. The molecule has 0 spiro atoms. The van der Waals surface area contributed by atoms with E-state index in [1.54, 1.807) is 18.1 Å². The molecule has 0 saturated carbocycles. The van der Waals surface area contributed by atoms with Crippen LogP contribution < -0.4 is 4.90 Å². The summed E-state index contributed by atoms with van der Waals surface area (Å²) >= 11 is 3.44. The van der Waals surface area contributed by atoms with Gasteiger partial charge in [-0.25, -0.2) is 4.98 Å². The first-order valence-electron chi connectivity index (χ1n) is 8.05. The van der Waals surface area contributed by atoms with E-state index in [0.717, 1.165) is 16.8 Å². The van der Waals surface area contributed by atoms with Crippen LogP contribution in [0.4, 0.5) is 5.69 Å². The number of halogens is 1. The molecule has 126 valence electrons. The predicted octanol–water partition coefficient (Wildman–Crippen LogP) is 4.81. The molecule has 3 rings (SSSR count). The van der Waals surface area contributed by atoms with Crippen LogP contribution in [0.2, 0.25) is 0 Å². The second-order valence-electron chi connectivity index (χ2n) is 6.03. The third kappa shape index (κ3) is 3.22. The zero-order valence-corrected chi connectivity index (χ0v) is 15.8. The molecule has 1 aromatic heterocycles. The molecule has 3 aromatic rings. The lowest BCUT2D eigenvalue weighted by atomic mass is 9.75. The molecule has 0 N–H and O–H groups in total. The van der Waals surface area contributed by atoms with Gasteiger partial charge in [0.05, 0.1) is 11.1 Å². The van der Waals surface area contributed by atoms with Gasteiger partial charge in [-0.2, -0.15) is 0 Å². The minimum atomic E-state index is -0.799. The van der Waals surface area contributed by atoms with Crippen molar-refractivity contribution in [2.45, 2.75) is 12.3 Å². The Hall–Kier alpha value is -2.46. The minimum absolute atomic E-state index is 0.0152. The van der Waals surface area contributed by atoms with Crippen LogP contribution in [0.3, 0.4) is 0 Å². The van der Waals surface area contributed by atoms with E-state index in [4.69, 9.17) is 0 Å². The predicted molar refractivity (Wildman–Crippen MR) is 105 cm³/mol. The van der Waals surface area contributed by atoms with Gasteiger partial charge in [-0.1, -0.05) is 60.7 Å². The van der Waals surface area contributed by atoms with Gasteiger partial charge in [-0.3, -0.25) is 4.79 Å². The number of carbonyl (C=O) groups is 1. The summed E-state index contributed by atoms with van der Waals surface area (Å²) < 4.78 is 0.648. The van der Waals surface area contributed by atoms with Gasteiger partial charge in [0.15, 0.2) is 0 Å². The third-order valence-corrected chi connectivity index (χ3v) is 5.15. The largest absolute Gasteiger partial charge is 0.312 e. The van der Waals surface area contributed by atoms with Gasteiger partial charge in [-0.05, 0) is 46.1 Å². The fraction of sp³-hybridized carbons (Fsp3) is 0.143. The number of hydrogen-bond acceptors (Lipinski definition) is 2.